The topological polar surface area (TPSA) is 76.2 Å². The van der Waals surface area contributed by atoms with Gasteiger partial charge in [0.15, 0.2) is 5.69 Å². The van der Waals surface area contributed by atoms with Crippen LogP contribution in [0.1, 0.15) is 35.1 Å². The summed E-state index contributed by atoms with van der Waals surface area (Å²) in [4.78, 5) is 15.9. The van der Waals surface area contributed by atoms with Crippen LogP contribution in [0.15, 0.2) is 40.9 Å². The lowest BCUT2D eigenvalue weighted by molar-refractivity contribution is 0.0769. The number of amides is 1. The Kier molecular flexibility index (Phi) is 4.23. The average Bonchev–Trinajstić information content (AvgIpc) is 3.28. The van der Waals surface area contributed by atoms with E-state index >= 15 is 0 Å². The highest BCUT2D eigenvalue weighted by atomic mass is 16.3. The Hall–Kier alpha value is -2.67. The molecule has 0 radical (unpaired) electrons. The van der Waals surface area contributed by atoms with Gasteiger partial charge in [0.25, 0.3) is 5.91 Å². The van der Waals surface area contributed by atoms with Crippen molar-refractivity contribution in [1.29, 1.82) is 0 Å². The summed E-state index contributed by atoms with van der Waals surface area (Å²) in [7, 11) is 1.75. The third-order valence-electron chi connectivity index (χ3n) is 4.58. The molecule has 1 aliphatic rings. The molecule has 1 saturated heterocycles. The number of fused-ring (bicyclic) bond motifs is 1. The zero-order valence-corrected chi connectivity index (χ0v) is 14.2. The molecule has 0 aliphatic carbocycles. The number of hydrogen-bond donors (Lipinski definition) is 1. The first-order chi connectivity index (χ1) is 12.2. The number of furan rings is 1. The number of nitrogens with zero attached hydrogens (tertiary/aromatic N) is 4. The lowest BCUT2D eigenvalue weighted by Crippen LogP contribution is -2.31. The normalized spacial score (nSPS) is 15.6. The van der Waals surface area contributed by atoms with Crippen molar-refractivity contribution in [2.24, 2.45) is 0 Å². The molecule has 3 aromatic rings. The van der Waals surface area contributed by atoms with E-state index in [1.807, 2.05) is 30.3 Å². The minimum atomic E-state index is -0.152. The first-order valence-corrected chi connectivity index (χ1v) is 8.56. The molecule has 130 valence electrons. The van der Waals surface area contributed by atoms with E-state index in [9.17, 15) is 4.79 Å². The molecule has 2 aromatic heterocycles. The van der Waals surface area contributed by atoms with Gasteiger partial charge in [-0.05, 0) is 38.1 Å². The molecule has 0 bridgehead atoms. The van der Waals surface area contributed by atoms with Crippen molar-refractivity contribution in [3.8, 4) is 0 Å². The van der Waals surface area contributed by atoms with Crippen LogP contribution in [-0.2, 0) is 6.54 Å². The molecule has 0 saturated carbocycles. The van der Waals surface area contributed by atoms with Gasteiger partial charge in [-0.2, -0.15) is 9.90 Å². The van der Waals surface area contributed by atoms with E-state index in [-0.39, 0.29) is 11.9 Å². The fourth-order valence-electron chi connectivity index (χ4n) is 3.20. The molecule has 0 atom stereocenters. The highest BCUT2D eigenvalue weighted by molar-refractivity contribution is 5.91. The number of carbonyl (C=O) groups excluding carboxylic acids is 1. The van der Waals surface area contributed by atoms with Crippen LogP contribution >= 0.6 is 0 Å². The number of nitrogens with one attached hydrogen (secondary N) is 1. The minimum absolute atomic E-state index is 0.152. The van der Waals surface area contributed by atoms with Crippen LogP contribution in [0.3, 0.4) is 0 Å². The standard InChI is InChI=1S/C18H21N5O2/c1-22(12-15-10-13-4-2-3-5-17(13)25-15)18(24)16-11-20-23(21-16)14-6-8-19-9-7-14/h2-5,10-11,14,19H,6-9,12H2,1H3. The van der Waals surface area contributed by atoms with E-state index in [0.717, 1.165) is 42.7 Å². The molecule has 1 fully saturated rings. The maximum absolute atomic E-state index is 12.6. The van der Waals surface area contributed by atoms with Gasteiger partial charge in [0.2, 0.25) is 0 Å². The second kappa shape index (κ2) is 6.68. The summed E-state index contributed by atoms with van der Waals surface area (Å²) in [5.74, 6) is 0.600. The van der Waals surface area contributed by atoms with Crippen LogP contribution in [0.5, 0.6) is 0 Å². The predicted molar refractivity (Wildman–Crippen MR) is 93.2 cm³/mol. The van der Waals surface area contributed by atoms with Gasteiger partial charge in [0.05, 0.1) is 18.8 Å². The van der Waals surface area contributed by atoms with Gasteiger partial charge >= 0.3 is 0 Å². The number of hydrogen-bond acceptors (Lipinski definition) is 5. The molecule has 0 unspecified atom stereocenters. The average molecular weight is 339 g/mol. The fraction of sp³-hybridized carbons (Fsp3) is 0.389. The van der Waals surface area contributed by atoms with Gasteiger partial charge in [0, 0.05) is 12.4 Å². The van der Waals surface area contributed by atoms with E-state index in [1.54, 1.807) is 22.9 Å². The summed E-state index contributed by atoms with van der Waals surface area (Å²) in [6, 6.07) is 10.0. The number of aromatic nitrogens is 3. The Bertz CT molecular complexity index is 845. The van der Waals surface area contributed by atoms with E-state index in [0.29, 0.717) is 12.2 Å². The van der Waals surface area contributed by atoms with Crippen molar-refractivity contribution >= 4 is 16.9 Å². The molecule has 1 aliphatic heterocycles. The Morgan fingerprint density at radius 3 is 2.96 bits per heavy atom. The molecule has 7 nitrogen and oxygen atoms in total. The maximum atomic E-state index is 12.6. The Labute approximate surface area is 145 Å². The predicted octanol–water partition coefficient (Wildman–Crippen LogP) is 2.22. The van der Waals surface area contributed by atoms with Crippen LogP contribution in [0, 0.1) is 0 Å². The maximum Gasteiger partial charge on any atom is 0.276 e. The summed E-state index contributed by atoms with van der Waals surface area (Å²) in [5, 5.41) is 13.0. The molecular weight excluding hydrogens is 318 g/mol. The van der Waals surface area contributed by atoms with Crippen molar-refractivity contribution in [2.45, 2.75) is 25.4 Å². The lowest BCUT2D eigenvalue weighted by Gasteiger charge is -2.21. The summed E-state index contributed by atoms with van der Waals surface area (Å²) >= 11 is 0. The molecule has 4 rings (SSSR count). The van der Waals surface area contributed by atoms with Crippen molar-refractivity contribution in [3.05, 3.63) is 48.0 Å². The van der Waals surface area contributed by atoms with E-state index in [2.05, 4.69) is 15.5 Å². The zero-order valence-electron chi connectivity index (χ0n) is 14.2. The highest BCUT2D eigenvalue weighted by Gasteiger charge is 2.21. The van der Waals surface area contributed by atoms with Gasteiger partial charge in [-0.15, -0.1) is 5.10 Å². The lowest BCUT2D eigenvalue weighted by atomic mass is 10.1. The quantitative estimate of drug-likeness (QED) is 0.789. The Morgan fingerprint density at radius 1 is 1.36 bits per heavy atom. The third-order valence-corrected chi connectivity index (χ3v) is 4.58. The van der Waals surface area contributed by atoms with Crippen LogP contribution in [0.4, 0.5) is 0 Å². The zero-order chi connectivity index (χ0) is 17.2. The van der Waals surface area contributed by atoms with Gasteiger partial charge < -0.3 is 14.6 Å². The van der Waals surface area contributed by atoms with Crippen molar-refractivity contribution in [1.82, 2.24) is 25.2 Å². The molecule has 1 aromatic carbocycles. The fourth-order valence-corrected chi connectivity index (χ4v) is 3.20. The summed E-state index contributed by atoms with van der Waals surface area (Å²) < 4.78 is 5.78. The summed E-state index contributed by atoms with van der Waals surface area (Å²) in [6.07, 6.45) is 3.52. The minimum Gasteiger partial charge on any atom is -0.459 e. The largest absolute Gasteiger partial charge is 0.459 e. The van der Waals surface area contributed by atoms with Gasteiger partial charge in [0.1, 0.15) is 11.3 Å². The van der Waals surface area contributed by atoms with Crippen molar-refractivity contribution < 1.29 is 9.21 Å². The van der Waals surface area contributed by atoms with E-state index in [4.69, 9.17) is 4.42 Å². The van der Waals surface area contributed by atoms with Crippen LogP contribution in [0.25, 0.3) is 11.0 Å². The van der Waals surface area contributed by atoms with Gasteiger partial charge in [-0.1, -0.05) is 18.2 Å². The molecule has 0 spiro atoms. The smallest absolute Gasteiger partial charge is 0.276 e. The number of piperidine rings is 1. The highest BCUT2D eigenvalue weighted by Crippen LogP contribution is 2.20. The van der Waals surface area contributed by atoms with E-state index in [1.165, 1.54) is 0 Å². The number of benzene rings is 1. The summed E-state index contributed by atoms with van der Waals surface area (Å²) in [6.45, 7) is 2.32. The molecule has 3 heterocycles. The Balaban J connectivity index is 1.45. The second-order valence-corrected chi connectivity index (χ2v) is 6.44. The molecular formula is C18H21N5O2. The van der Waals surface area contributed by atoms with Crippen molar-refractivity contribution in [3.63, 3.8) is 0 Å². The molecule has 25 heavy (non-hydrogen) atoms. The number of para-hydroxylation sites is 1. The molecule has 7 heteroatoms. The molecule has 1 N–H and O–H groups in total. The molecule has 1 amide bonds. The first kappa shape index (κ1) is 15.8. The number of rotatable bonds is 4. The number of carbonyl (C=O) groups is 1. The Morgan fingerprint density at radius 2 is 2.16 bits per heavy atom. The monoisotopic (exact) mass is 339 g/mol. The van der Waals surface area contributed by atoms with Gasteiger partial charge in [-0.25, -0.2) is 0 Å². The summed E-state index contributed by atoms with van der Waals surface area (Å²) in [5.41, 5.74) is 1.20. The van der Waals surface area contributed by atoms with E-state index < -0.39 is 0 Å². The second-order valence-electron chi connectivity index (χ2n) is 6.44. The SMILES string of the molecule is CN(Cc1cc2ccccc2o1)C(=O)c1cnn(C2CCNCC2)n1. The third kappa shape index (κ3) is 3.28. The van der Waals surface area contributed by atoms with Crippen molar-refractivity contribution in [2.75, 3.05) is 20.1 Å². The first-order valence-electron chi connectivity index (χ1n) is 8.56. The van der Waals surface area contributed by atoms with Crippen LogP contribution in [-0.4, -0.2) is 45.9 Å². The van der Waals surface area contributed by atoms with Gasteiger partial charge in [-0.3, -0.25) is 4.79 Å². The van der Waals surface area contributed by atoms with Crippen LogP contribution < -0.4 is 5.32 Å². The van der Waals surface area contributed by atoms with Crippen LogP contribution in [0.2, 0.25) is 0 Å².